The fourth-order valence-electron chi connectivity index (χ4n) is 3.53. The Hall–Kier alpha value is -4.11. The number of ether oxygens (including phenoxy) is 3. The average molecular weight is 449 g/mol. The van der Waals surface area contributed by atoms with Crippen molar-refractivity contribution in [2.24, 2.45) is 0 Å². The van der Waals surface area contributed by atoms with Crippen molar-refractivity contribution in [3.05, 3.63) is 82.4 Å². The Labute approximate surface area is 190 Å². The number of nitro benzene ring substituents is 1. The summed E-state index contributed by atoms with van der Waals surface area (Å²) < 4.78 is 16.5. The summed E-state index contributed by atoms with van der Waals surface area (Å²) in [5.41, 5.74) is 1.27. The monoisotopic (exact) mass is 449 g/mol. The molecule has 0 saturated carbocycles. The standard InChI is InChI=1S/C24H23N3O6/c1-31-22-4-2-3-5-23(22)33-19-9-6-17(7-10-19)25-24(28)20-16-18(27(29)30)8-11-21(20)26-12-14-32-15-13-26/h2-11,16H,12-15H2,1H3,(H,25,28). The first-order valence-corrected chi connectivity index (χ1v) is 10.4. The molecule has 9 heteroatoms. The van der Waals surface area contributed by atoms with Crippen LogP contribution in [-0.4, -0.2) is 44.2 Å². The Morgan fingerprint density at radius 3 is 2.39 bits per heavy atom. The van der Waals surface area contributed by atoms with E-state index in [1.54, 1.807) is 49.6 Å². The number of nitrogens with one attached hydrogen (secondary N) is 1. The predicted molar refractivity (Wildman–Crippen MR) is 124 cm³/mol. The van der Waals surface area contributed by atoms with Crippen LogP contribution in [0.1, 0.15) is 10.4 Å². The molecule has 0 atom stereocenters. The fourth-order valence-corrected chi connectivity index (χ4v) is 3.53. The van der Waals surface area contributed by atoms with E-state index in [4.69, 9.17) is 14.2 Å². The average Bonchev–Trinajstić information content (AvgIpc) is 2.85. The topological polar surface area (TPSA) is 103 Å². The molecule has 1 fully saturated rings. The Bertz CT molecular complexity index is 1140. The van der Waals surface area contributed by atoms with E-state index in [1.165, 1.54) is 12.1 Å². The molecule has 3 aromatic carbocycles. The summed E-state index contributed by atoms with van der Waals surface area (Å²) in [5, 5.41) is 14.1. The van der Waals surface area contributed by atoms with Gasteiger partial charge in [0.15, 0.2) is 11.5 Å². The summed E-state index contributed by atoms with van der Waals surface area (Å²) in [6.45, 7) is 2.28. The van der Waals surface area contributed by atoms with Crippen LogP contribution in [0.3, 0.4) is 0 Å². The van der Waals surface area contributed by atoms with E-state index in [1.807, 2.05) is 17.0 Å². The van der Waals surface area contributed by atoms with Gasteiger partial charge in [-0.05, 0) is 42.5 Å². The van der Waals surface area contributed by atoms with Gasteiger partial charge in [-0.15, -0.1) is 0 Å². The summed E-state index contributed by atoms with van der Waals surface area (Å²) in [6, 6.07) is 18.5. The number of nitrogens with zero attached hydrogens (tertiary/aromatic N) is 2. The SMILES string of the molecule is COc1ccccc1Oc1ccc(NC(=O)c2cc([N+](=O)[O-])ccc2N2CCOCC2)cc1. The molecule has 1 aliphatic rings. The molecule has 0 unspecified atom stereocenters. The van der Waals surface area contributed by atoms with Gasteiger partial charge in [0.05, 0.1) is 36.5 Å². The Balaban J connectivity index is 1.52. The summed E-state index contributed by atoms with van der Waals surface area (Å²) in [5.74, 6) is 1.32. The van der Waals surface area contributed by atoms with Gasteiger partial charge >= 0.3 is 0 Å². The third kappa shape index (κ3) is 5.21. The summed E-state index contributed by atoms with van der Waals surface area (Å²) in [4.78, 5) is 25.8. The molecule has 1 aliphatic heterocycles. The van der Waals surface area contributed by atoms with Gasteiger partial charge in [-0.3, -0.25) is 14.9 Å². The molecular weight excluding hydrogens is 426 g/mol. The summed E-state index contributed by atoms with van der Waals surface area (Å²) in [7, 11) is 1.57. The zero-order valence-electron chi connectivity index (χ0n) is 18.0. The highest BCUT2D eigenvalue weighted by Gasteiger charge is 2.22. The van der Waals surface area contributed by atoms with Crippen molar-refractivity contribution in [3.8, 4) is 17.2 Å². The van der Waals surface area contributed by atoms with Gasteiger partial charge in [-0.2, -0.15) is 0 Å². The number of rotatable bonds is 7. The number of nitro groups is 1. The number of benzene rings is 3. The van der Waals surface area contributed by atoms with E-state index in [9.17, 15) is 14.9 Å². The molecule has 33 heavy (non-hydrogen) atoms. The molecule has 4 rings (SSSR count). The summed E-state index contributed by atoms with van der Waals surface area (Å²) in [6.07, 6.45) is 0. The number of non-ortho nitro benzene ring substituents is 1. The lowest BCUT2D eigenvalue weighted by molar-refractivity contribution is -0.384. The number of para-hydroxylation sites is 2. The molecule has 0 bridgehead atoms. The lowest BCUT2D eigenvalue weighted by Gasteiger charge is -2.30. The maximum absolute atomic E-state index is 13.1. The van der Waals surface area contributed by atoms with Gasteiger partial charge in [0.1, 0.15) is 5.75 Å². The number of carbonyl (C=O) groups excluding carboxylic acids is 1. The molecule has 0 spiro atoms. The second-order valence-corrected chi connectivity index (χ2v) is 7.29. The molecule has 9 nitrogen and oxygen atoms in total. The maximum atomic E-state index is 13.1. The van der Waals surface area contributed by atoms with Crippen molar-refractivity contribution in [1.29, 1.82) is 0 Å². The second-order valence-electron chi connectivity index (χ2n) is 7.29. The first-order chi connectivity index (χ1) is 16.0. The van der Waals surface area contributed by atoms with Gasteiger partial charge in [0.25, 0.3) is 11.6 Å². The molecule has 1 amide bonds. The van der Waals surface area contributed by atoms with Crippen molar-refractivity contribution in [1.82, 2.24) is 0 Å². The van der Waals surface area contributed by atoms with Gasteiger partial charge in [-0.1, -0.05) is 12.1 Å². The van der Waals surface area contributed by atoms with Crippen LogP contribution in [0, 0.1) is 10.1 Å². The number of morpholine rings is 1. The van der Waals surface area contributed by atoms with E-state index in [0.29, 0.717) is 54.9 Å². The maximum Gasteiger partial charge on any atom is 0.270 e. The molecule has 0 radical (unpaired) electrons. The van der Waals surface area contributed by atoms with E-state index in [-0.39, 0.29) is 11.3 Å². The quantitative estimate of drug-likeness (QED) is 0.419. The van der Waals surface area contributed by atoms with Crippen LogP contribution in [0.5, 0.6) is 17.2 Å². The van der Waals surface area contributed by atoms with Crippen molar-refractivity contribution in [3.63, 3.8) is 0 Å². The van der Waals surface area contributed by atoms with Gasteiger partial charge in [0, 0.05) is 30.9 Å². The molecule has 0 aromatic heterocycles. The van der Waals surface area contributed by atoms with Gasteiger partial charge in [0.2, 0.25) is 0 Å². The Morgan fingerprint density at radius 2 is 1.73 bits per heavy atom. The highest BCUT2D eigenvalue weighted by molar-refractivity contribution is 6.08. The minimum absolute atomic E-state index is 0.141. The zero-order valence-corrected chi connectivity index (χ0v) is 18.0. The Morgan fingerprint density at radius 1 is 1.03 bits per heavy atom. The smallest absolute Gasteiger partial charge is 0.270 e. The molecule has 1 saturated heterocycles. The largest absolute Gasteiger partial charge is 0.493 e. The Kier molecular flexibility index (Phi) is 6.70. The van der Waals surface area contributed by atoms with Crippen LogP contribution in [0.25, 0.3) is 0 Å². The normalized spacial score (nSPS) is 13.3. The lowest BCUT2D eigenvalue weighted by atomic mass is 10.1. The fraction of sp³-hybridized carbons (Fsp3) is 0.208. The van der Waals surface area contributed by atoms with Crippen LogP contribution in [-0.2, 0) is 4.74 Å². The van der Waals surface area contributed by atoms with Gasteiger partial charge < -0.3 is 24.4 Å². The first kappa shape index (κ1) is 22.1. The molecule has 3 aromatic rings. The minimum atomic E-state index is -0.510. The van der Waals surface area contributed by atoms with Crippen molar-refractivity contribution >= 4 is 23.0 Å². The number of amides is 1. The van der Waals surface area contributed by atoms with Gasteiger partial charge in [-0.25, -0.2) is 0 Å². The van der Waals surface area contributed by atoms with E-state index < -0.39 is 10.8 Å². The minimum Gasteiger partial charge on any atom is -0.493 e. The highest BCUT2D eigenvalue weighted by atomic mass is 16.6. The van der Waals surface area contributed by atoms with E-state index >= 15 is 0 Å². The lowest BCUT2D eigenvalue weighted by Crippen LogP contribution is -2.37. The third-order valence-corrected chi connectivity index (χ3v) is 5.20. The molecule has 170 valence electrons. The predicted octanol–water partition coefficient (Wildman–Crippen LogP) is 4.48. The number of carbonyl (C=O) groups is 1. The second kappa shape index (κ2) is 10.0. The van der Waals surface area contributed by atoms with Crippen LogP contribution < -0.4 is 19.7 Å². The van der Waals surface area contributed by atoms with Crippen molar-refractivity contribution in [2.45, 2.75) is 0 Å². The molecule has 1 heterocycles. The highest BCUT2D eigenvalue weighted by Crippen LogP contribution is 2.32. The van der Waals surface area contributed by atoms with Crippen LogP contribution in [0.15, 0.2) is 66.7 Å². The number of hydrogen-bond donors (Lipinski definition) is 1. The summed E-state index contributed by atoms with van der Waals surface area (Å²) >= 11 is 0. The van der Waals surface area contributed by atoms with Crippen LogP contribution in [0.2, 0.25) is 0 Å². The van der Waals surface area contributed by atoms with Crippen molar-refractivity contribution in [2.75, 3.05) is 43.6 Å². The number of methoxy groups -OCH3 is 1. The molecule has 1 N–H and O–H groups in total. The van der Waals surface area contributed by atoms with Crippen LogP contribution in [0.4, 0.5) is 17.1 Å². The van der Waals surface area contributed by atoms with E-state index in [2.05, 4.69) is 5.32 Å². The van der Waals surface area contributed by atoms with Crippen molar-refractivity contribution < 1.29 is 23.9 Å². The molecule has 0 aliphatic carbocycles. The number of hydrogen-bond acceptors (Lipinski definition) is 7. The third-order valence-electron chi connectivity index (χ3n) is 5.20. The number of anilines is 2. The molecular formula is C24H23N3O6. The van der Waals surface area contributed by atoms with E-state index in [0.717, 1.165) is 0 Å². The first-order valence-electron chi connectivity index (χ1n) is 10.4. The van der Waals surface area contributed by atoms with Crippen LogP contribution >= 0.6 is 0 Å². The zero-order chi connectivity index (χ0) is 23.2.